The molecule has 0 radical (unpaired) electrons. The van der Waals surface area contributed by atoms with Crippen LogP contribution >= 0.6 is 0 Å². The minimum Gasteiger partial charge on any atom is -0.324 e. The molecule has 2 heterocycles. The second-order valence-electron chi connectivity index (χ2n) is 8.88. The summed E-state index contributed by atoms with van der Waals surface area (Å²) in [7, 11) is -1.15. The van der Waals surface area contributed by atoms with E-state index < -0.39 is 15.9 Å². The van der Waals surface area contributed by atoms with Crippen molar-refractivity contribution in [1.82, 2.24) is 14.7 Å². The fraction of sp³-hybridized carbons (Fsp3) is 0.360. The number of amides is 1. The average molecular weight is 485 g/mol. The van der Waals surface area contributed by atoms with E-state index in [1.54, 1.807) is 0 Å². The quantitative estimate of drug-likeness (QED) is 0.551. The lowest BCUT2D eigenvalue weighted by molar-refractivity contribution is -0.121. The number of nitrogens with one attached hydrogen (secondary N) is 1. The first-order valence-corrected chi connectivity index (χ1v) is 13.0. The lowest BCUT2D eigenvalue weighted by atomic mass is 10.0. The molecule has 34 heavy (non-hydrogen) atoms. The van der Waals surface area contributed by atoms with Crippen LogP contribution in [0.3, 0.4) is 0 Å². The predicted molar refractivity (Wildman–Crippen MR) is 130 cm³/mol. The smallest absolute Gasteiger partial charge is 0.246 e. The van der Waals surface area contributed by atoms with Crippen molar-refractivity contribution in [3.05, 3.63) is 82.9 Å². The number of rotatable bonds is 7. The Kier molecular flexibility index (Phi) is 6.86. The van der Waals surface area contributed by atoms with Gasteiger partial charge >= 0.3 is 0 Å². The van der Waals surface area contributed by atoms with Crippen molar-refractivity contribution in [1.29, 1.82) is 0 Å². The SMILES string of the molecule is Cc1nn([C@H]2CCS(=O)(=O)C2)c(C)c1CN(C)[C@@H](C(=O)Nc1ccc(F)cc1)c1ccccc1. The second-order valence-corrected chi connectivity index (χ2v) is 11.1. The molecule has 1 aliphatic rings. The number of carbonyl (C=O) groups excluding carboxylic acids is 1. The van der Waals surface area contributed by atoms with E-state index in [1.807, 2.05) is 60.8 Å². The number of anilines is 1. The lowest BCUT2D eigenvalue weighted by Gasteiger charge is -2.28. The molecule has 2 atom stereocenters. The summed E-state index contributed by atoms with van der Waals surface area (Å²) in [5.41, 5.74) is 4.05. The van der Waals surface area contributed by atoms with Gasteiger partial charge in [-0.15, -0.1) is 0 Å². The van der Waals surface area contributed by atoms with Crippen LogP contribution in [0, 0.1) is 19.7 Å². The zero-order valence-corrected chi connectivity index (χ0v) is 20.3. The summed E-state index contributed by atoms with van der Waals surface area (Å²) in [4.78, 5) is 15.3. The molecule has 7 nitrogen and oxygen atoms in total. The lowest BCUT2D eigenvalue weighted by Crippen LogP contribution is -2.34. The minimum absolute atomic E-state index is 0.108. The summed E-state index contributed by atoms with van der Waals surface area (Å²) in [5.74, 6) is -0.306. The molecule has 1 saturated heterocycles. The summed E-state index contributed by atoms with van der Waals surface area (Å²) in [6.07, 6.45) is 0.562. The zero-order chi connectivity index (χ0) is 24.5. The monoisotopic (exact) mass is 484 g/mol. The van der Waals surface area contributed by atoms with Crippen molar-refractivity contribution in [2.75, 3.05) is 23.9 Å². The van der Waals surface area contributed by atoms with Gasteiger partial charge in [0.25, 0.3) is 0 Å². The maximum Gasteiger partial charge on any atom is 0.246 e. The van der Waals surface area contributed by atoms with E-state index in [2.05, 4.69) is 10.4 Å². The number of aryl methyl sites for hydroxylation is 1. The maximum absolute atomic E-state index is 13.4. The molecule has 9 heteroatoms. The Morgan fingerprint density at radius 2 is 1.85 bits per heavy atom. The Morgan fingerprint density at radius 1 is 1.18 bits per heavy atom. The number of hydrogen-bond donors (Lipinski definition) is 1. The first-order valence-electron chi connectivity index (χ1n) is 11.2. The Hall–Kier alpha value is -3.04. The average Bonchev–Trinajstić information content (AvgIpc) is 3.29. The third-order valence-corrected chi connectivity index (χ3v) is 8.10. The molecule has 3 aromatic rings. The normalized spacial score (nSPS) is 18.2. The predicted octanol–water partition coefficient (Wildman–Crippen LogP) is 3.81. The highest BCUT2D eigenvalue weighted by Crippen LogP contribution is 2.29. The Labute approximate surface area is 199 Å². The van der Waals surface area contributed by atoms with Gasteiger partial charge in [-0.25, -0.2) is 12.8 Å². The summed E-state index contributed by atoms with van der Waals surface area (Å²) in [6.45, 7) is 4.31. The van der Waals surface area contributed by atoms with Crippen LogP contribution in [0.15, 0.2) is 54.6 Å². The van der Waals surface area contributed by atoms with Crippen LogP contribution in [0.2, 0.25) is 0 Å². The third kappa shape index (κ3) is 5.20. The molecule has 0 bridgehead atoms. The molecule has 0 saturated carbocycles. The van der Waals surface area contributed by atoms with Gasteiger partial charge in [-0.3, -0.25) is 14.4 Å². The fourth-order valence-electron chi connectivity index (χ4n) is 4.58. The summed E-state index contributed by atoms with van der Waals surface area (Å²) < 4.78 is 39.1. The van der Waals surface area contributed by atoms with Crippen LogP contribution in [0.25, 0.3) is 0 Å². The molecule has 4 rings (SSSR count). The molecule has 1 amide bonds. The molecule has 180 valence electrons. The molecular formula is C25H29FN4O3S. The highest BCUT2D eigenvalue weighted by molar-refractivity contribution is 7.91. The van der Waals surface area contributed by atoms with Crippen molar-refractivity contribution in [2.45, 2.75) is 38.9 Å². The van der Waals surface area contributed by atoms with Crippen molar-refractivity contribution < 1.29 is 17.6 Å². The van der Waals surface area contributed by atoms with Gasteiger partial charge in [-0.05, 0) is 57.1 Å². The largest absolute Gasteiger partial charge is 0.324 e. The van der Waals surface area contributed by atoms with Crippen LogP contribution in [-0.4, -0.2) is 47.6 Å². The van der Waals surface area contributed by atoms with Gasteiger partial charge in [0.1, 0.15) is 11.9 Å². The van der Waals surface area contributed by atoms with Crippen LogP contribution in [0.5, 0.6) is 0 Å². The van der Waals surface area contributed by atoms with Crippen molar-refractivity contribution in [2.24, 2.45) is 0 Å². The first-order chi connectivity index (χ1) is 16.1. The summed E-state index contributed by atoms with van der Waals surface area (Å²) in [5, 5.41) is 7.54. The van der Waals surface area contributed by atoms with E-state index in [1.165, 1.54) is 24.3 Å². The molecular weight excluding hydrogens is 455 g/mol. The van der Waals surface area contributed by atoms with E-state index in [0.29, 0.717) is 18.7 Å². The number of benzene rings is 2. The molecule has 0 unspecified atom stereocenters. The molecule has 0 aliphatic carbocycles. The molecule has 0 spiro atoms. The maximum atomic E-state index is 13.4. The highest BCUT2D eigenvalue weighted by atomic mass is 32.2. The highest BCUT2D eigenvalue weighted by Gasteiger charge is 2.32. The number of halogens is 1. The summed E-state index contributed by atoms with van der Waals surface area (Å²) >= 11 is 0. The van der Waals surface area contributed by atoms with Gasteiger partial charge in [-0.2, -0.15) is 5.10 Å². The zero-order valence-electron chi connectivity index (χ0n) is 19.5. The molecule has 1 aromatic heterocycles. The number of aromatic nitrogens is 2. The minimum atomic E-state index is -3.03. The van der Waals surface area contributed by atoms with Gasteiger partial charge in [0.2, 0.25) is 5.91 Å². The number of sulfone groups is 1. The Morgan fingerprint density at radius 3 is 2.47 bits per heavy atom. The summed E-state index contributed by atoms with van der Waals surface area (Å²) in [6, 6.07) is 14.4. The standard InChI is InChI=1S/C25H29FN4O3S/c1-17-23(18(2)30(28-17)22-13-14-34(32,33)16-22)15-29(3)24(19-7-5-4-6-8-19)25(31)27-21-11-9-20(26)10-12-21/h4-12,22,24H,13-16H2,1-3H3,(H,27,31)/t22-,24+/m0/s1. The van der Waals surface area contributed by atoms with E-state index in [0.717, 1.165) is 22.5 Å². The van der Waals surface area contributed by atoms with Gasteiger partial charge in [0, 0.05) is 23.5 Å². The fourth-order valence-corrected chi connectivity index (χ4v) is 6.27. The van der Waals surface area contributed by atoms with E-state index in [4.69, 9.17) is 0 Å². The van der Waals surface area contributed by atoms with Gasteiger partial charge in [0.05, 0.1) is 23.2 Å². The molecule has 1 aliphatic heterocycles. The number of nitrogens with zero attached hydrogens (tertiary/aromatic N) is 3. The van der Waals surface area contributed by atoms with Crippen molar-refractivity contribution in [3.63, 3.8) is 0 Å². The van der Waals surface area contributed by atoms with Crippen molar-refractivity contribution in [3.8, 4) is 0 Å². The number of hydrogen-bond acceptors (Lipinski definition) is 5. The van der Waals surface area contributed by atoms with E-state index >= 15 is 0 Å². The molecule has 1 N–H and O–H groups in total. The number of carbonyl (C=O) groups is 1. The van der Waals surface area contributed by atoms with Crippen LogP contribution in [-0.2, 0) is 21.2 Å². The van der Waals surface area contributed by atoms with Gasteiger partial charge in [0.15, 0.2) is 9.84 Å². The third-order valence-electron chi connectivity index (χ3n) is 6.35. The van der Waals surface area contributed by atoms with E-state index in [9.17, 15) is 17.6 Å². The topological polar surface area (TPSA) is 84.3 Å². The Bertz CT molecular complexity index is 1270. The molecule has 2 aromatic carbocycles. The van der Waals surface area contributed by atoms with Gasteiger partial charge in [-0.1, -0.05) is 30.3 Å². The van der Waals surface area contributed by atoms with Crippen LogP contribution in [0.4, 0.5) is 10.1 Å². The first kappa shape index (κ1) is 24.1. The van der Waals surface area contributed by atoms with Crippen molar-refractivity contribution >= 4 is 21.4 Å². The Balaban J connectivity index is 1.59. The van der Waals surface area contributed by atoms with Gasteiger partial charge < -0.3 is 5.32 Å². The molecule has 1 fully saturated rings. The van der Waals surface area contributed by atoms with E-state index in [-0.39, 0.29) is 29.3 Å². The van der Waals surface area contributed by atoms with Crippen LogP contribution in [0.1, 0.15) is 41.0 Å². The van der Waals surface area contributed by atoms with Crippen LogP contribution < -0.4 is 5.32 Å². The number of likely N-dealkylation sites (N-methyl/N-ethyl adjacent to an activating group) is 1. The second kappa shape index (κ2) is 9.68.